The van der Waals surface area contributed by atoms with Gasteiger partial charge in [0.2, 0.25) is 0 Å². The fourth-order valence-electron chi connectivity index (χ4n) is 0.968. The zero-order chi connectivity index (χ0) is 10.0. The van der Waals surface area contributed by atoms with Gasteiger partial charge in [-0.25, -0.2) is 0 Å². The van der Waals surface area contributed by atoms with Crippen LogP contribution >= 0.6 is 11.6 Å². The lowest BCUT2D eigenvalue weighted by Gasteiger charge is -2.03. The van der Waals surface area contributed by atoms with Gasteiger partial charge in [-0.05, 0) is 19.1 Å². The molecule has 1 aromatic carbocycles. The maximum Gasteiger partial charge on any atom is 0.161 e. The molecule has 0 saturated heterocycles. The number of halogens is 1. The van der Waals surface area contributed by atoms with Gasteiger partial charge in [0.05, 0.1) is 22.3 Å². The molecule has 1 rings (SSSR count). The molecule has 0 heterocycles. The van der Waals surface area contributed by atoms with Crippen molar-refractivity contribution in [3.63, 3.8) is 0 Å². The molecule has 0 unspecified atom stereocenters. The number of nitriles is 1. The molecule has 0 fully saturated rings. The zero-order valence-corrected chi connectivity index (χ0v) is 7.72. The number of hydrogen-bond acceptors (Lipinski definition) is 3. The van der Waals surface area contributed by atoms with E-state index in [0.717, 1.165) is 0 Å². The van der Waals surface area contributed by atoms with Crippen molar-refractivity contribution < 1.29 is 4.79 Å². The van der Waals surface area contributed by atoms with Gasteiger partial charge < -0.3 is 5.73 Å². The van der Waals surface area contributed by atoms with E-state index in [1.54, 1.807) is 0 Å². The number of carbonyl (C=O) groups is 1. The van der Waals surface area contributed by atoms with Gasteiger partial charge in [-0.3, -0.25) is 4.79 Å². The standard InChI is InChI=1S/C9H7ClN2O/c1-5(13)7-2-6(4-11)3-8(12)9(7)10/h2-3H,12H2,1H3. The van der Waals surface area contributed by atoms with E-state index in [-0.39, 0.29) is 16.5 Å². The Kier molecular flexibility index (Phi) is 2.54. The number of anilines is 1. The van der Waals surface area contributed by atoms with Crippen LogP contribution in [0.5, 0.6) is 0 Å². The van der Waals surface area contributed by atoms with Crippen LogP contribution in [-0.2, 0) is 0 Å². The molecule has 0 radical (unpaired) electrons. The summed E-state index contributed by atoms with van der Waals surface area (Å²) in [5.41, 5.74) is 6.38. The van der Waals surface area contributed by atoms with E-state index in [1.807, 2.05) is 6.07 Å². The first-order chi connectivity index (χ1) is 6.06. The topological polar surface area (TPSA) is 66.9 Å². The molecule has 1 aromatic rings. The summed E-state index contributed by atoms with van der Waals surface area (Å²) in [6, 6.07) is 4.77. The van der Waals surface area contributed by atoms with Crippen molar-refractivity contribution in [2.45, 2.75) is 6.92 Å². The monoisotopic (exact) mass is 194 g/mol. The second-order valence-electron chi connectivity index (χ2n) is 2.60. The van der Waals surface area contributed by atoms with E-state index in [1.165, 1.54) is 19.1 Å². The van der Waals surface area contributed by atoms with E-state index in [4.69, 9.17) is 22.6 Å². The molecule has 0 amide bonds. The molecule has 0 aliphatic heterocycles. The van der Waals surface area contributed by atoms with E-state index in [0.29, 0.717) is 11.1 Å². The Morgan fingerprint density at radius 3 is 2.69 bits per heavy atom. The van der Waals surface area contributed by atoms with E-state index in [9.17, 15) is 4.79 Å². The van der Waals surface area contributed by atoms with Gasteiger partial charge in [-0.15, -0.1) is 0 Å². The van der Waals surface area contributed by atoms with Crippen LogP contribution < -0.4 is 5.73 Å². The maximum absolute atomic E-state index is 11.0. The molecule has 13 heavy (non-hydrogen) atoms. The normalized spacial score (nSPS) is 9.31. The number of nitrogens with zero attached hydrogens (tertiary/aromatic N) is 1. The summed E-state index contributed by atoms with van der Waals surface area (Å²) in [6.07, 6.45) is 0. The number of carbonyl (C=O) groups excluding carboxylic acids is 1. The third-order valence-electron chi connectivity index (χ3n) is 1.61. The van der Waals surface area contributed by atoms with Gasteiger partial charge in [0.15, 0.2) is 5.78 Å². The minimum absolute atomic E-state index is 0.200. The summed E-state index contributed by atoms with van der Waals surface area (Å²) >= 11 is 5.76. The van der Waals surface area contributed by atoms with Crippen LogP contribution in [0.25, 0.3) is 0 Å². The van der Waals surface area contributed by atoms with Gasteiger partial charge >= 0.3 is 0 Å². The van der Waals surface area contributed by atoms with Crippen molar-refractivity contribution in [2.75, 3.05) is 5.73 Å². The van der Waals surface area contributed by atoms with Crippen molar-refractivity contribution in [1.82, 2.24) is 0 Å². The first kappa shape index (κ1) is 9.56. The Bertz CT molecular complexity index is 407. The highest BCUT2D eigenvalue weighted by molar-refractivity contribution is 6.36. The number of nitrogens with two attached hydrogens (primary N) is 1. The van der Waals surface area contributed by atoms with E-state index < -0.39 is 0 Å². The summed E-state index contributed by atoms with van der Waals surface area (Å²) in [7, 11) is 0. The average molecular weight is 195 g/mol. The van der Waals surface area contributed by atoms with E-state index >= 15 is 0 Å². The fraction of sp³-hybridized carbons (Fsp3) is 0.111. The van der Waals surface area contributed by atoms with E-state index in [2.05, 4.69) is 0 Å². The molecule has 0 spiro atoms. The molecule has 66 valence electrons. The number of hydrogen-bond donors (Lipinski definition) is 1. The Balaban J connectivity index is 3.44. The highest BCUT2D eigenvalue weighted by atomic mass is 35.5. The number of nitrogen functional groups attached to an aromatic ring is 1. The first-order valence-electron chi connectivity index (χ1n) is 3.56. The molecule has 4 heteroatoms. The minimum Gasteiger partial charge on any atom is -0.397 e. The molecule has 0 saturated carbocycles. The van der Waals surface area contributed by atoms with Crippen LogP contribution in [-0.4, -0.2) is 5.78 Å². The molecule has 2 N–H and O–H groups in total. The summed E-state index contributed by atoms with van der Waals surface area (Å²) in [4.78, 5) is 11.0. The number of rotatable bonds is 1. The lowest BCUT2D eigenvalue weighted by molar-refractivity contribution is 0.101. The molecular formula is C9H7ClN2O. The fourth-order valence-corrected chi connectivity index (χ4v) is 1.21. The van der Waals surface area contributed by atoms with Crippen molar-refractivity contribution in [3.05, 3.63) is 28.3 Å². The average Bonchev–Trinajstić information content (AvgIpc) is 2.09. The second kappa shape index (κ2) is 3.46. The third kappa shape index (κ3) is 1.79. The number of benzene rings is 1. The van der Waals surface area contributed by atoms with Crippen LogP contribution in [0, 0.1) is 11.3 Å². The second-order valence-corrected chi connectivity index (χ2v) is 2.97. The molecular weight excluding hydrogens is 188 g/mol. The van der Waals surface area contributed by atoms with Crippen molar-refractivity contribution in [1.29, 1.82) is 5.26 Å². The smallest absolute Gasteiger partial charge is 0.161 e. The summed E-state index contributed by atoms with van der Waals surface area (Å²) in [6.45, 7) is 1.38. The van der Waals surface area contributed by atoms with Gasteiger partial charge in [0.25, 0.3) is 0 Å². The molecule has 0 aromatic heterocycles. The predicted octanol–water partition coefficient (Wildman–Crippen LogP) is 2.00. The summed E-state index contributed by atoms with van der Waals surface area (Å²) < 4.78 is 0. The van der Waals surface area contributed by atoms with Crippen LogP contribution in [0.15, 0.2) is 12.1 Å². The Labute approximate surface area is 80.7 Å². The lowest BCUT2D eigenvalue weighted by Crippen LogP contribution is -1.98. The maximum atomic E-state index is 11.0. The lowest BCUT2D eigenvalue weighted by atomic mass is 10.1. The van der Waals surface area contributed by atoms with Crippen LogP contribution in [0.3, 0.4) is 0 Å². The molecule has 3 nitrogen and oxygen atoms in total. The largest absolute Gasteiger partial charge is 0.397 e. The number of ketones is 1. The molecule has 0 atom stereocenters. The minimum atomic E-state index is -0.200. The van der Waals surface area contributed by atoms with Gasteiger partial charge in [-0.1, -0.05) is 11.6 Å². The quantitative estimate of drug-likeness (QED) is 0.549. The van der Waals surface area contributed by atoms with Crippen LogP contribution in [0.1, 0.15) is 22.8 Å². The van der Waals surface area contributed by atoms with Gasteiger partial charge in [-0.2, -0.15) is 5.26 Å². The number of Topliss-reactive ketones (excluding diaryl/α,β-unsaturated/α-hetero) is 1. The SMILES string of the molecule is CC(=O)c1cc(C#N)cc(N)c1Cl. The van der Waals surface area contributed by atoms with Crippen LogP contribution in [0.4, 0.5) is 5.69 Å². The molecule has 0 aliphatic rings. The van der Waals surface area contributed by atoms with Gasteiger partial charge in [0.1, 0.15) is 0 Å². The summed E-state index contributed by atoms with van der Waals surface area (Å²) in [5.74, 6) is -0.200. The van der Waals surface area contributed by atoms with Crippen LogP contribution in [0.2, 0.25) is 5.02 Å². The Morgan fingerprint density at radius 1 is 1.62 bits per heavy atom. The van der Waals surface area contributed by atoms with Gasteiger partial charge in [0, 0.05) is 5.56 Å². The summed E-state index contributed by atoms with van der Waals surface area (Å²) in [5, 5.41) is 8.81. The molecule has 0 aliphatic carbocycles. The third-order valence-corrected chi connectivity index (χ3v) is 2.03. The highest BCUT2D eigenvalue weighted by Crippen LogP contribution is 2.25. The van der Waals surface area contributed by atoms with Crippen molar-refractivity contribution >= 4 is 23.1 Å². The predicted molar refractivity (Wildman–Crippen MR) is 50.6 cm³/mol. The van der Waals surface area contributed by atoms with Crippen molar-refractivity contribution in [3.8, 4) is 6.07 Å². The first-order valence-corrected chi connectivity index (χ1v) is 3.94. The zero-order valence-electron chi connectivity index (χ0n) is 6.97. The molecule has 0 bridgehead atoms. The van der Waals surface area contributed by atoms with Crippen molar-refractivity contribution in [2.24, 2.45) is 0 Å². The highest BCUT2D eigenvalue weighted by Gasteiger charge is 2.10. The Morgan fingerprint density at radius 2 is 2.23 bits per heavy atom. The Hall–Kier alpha value is -1.53.